The molecule has 0 heterocycles. The second kappa shape index (κ2) is 2.75. The fourth-order valence-electron chi connectivity index (χ4n) is 4.75. The molecule has 3 aliphatic rings. The third-order valence-electron chi connectivity index (χ3n) is 5.87. The Balaban J connectivity index is 2.02. The van der Waals surface area contributed by atoms with Crippen LogP contribution in [-0.2, 0) is 0 Å². The molecular formula is C15H24O. The average molecular weight is 220 g/mol. The Hall–Kier alpha value is -0.300. The molecule has 5 atom stereocenters. The summed E-state index contributed by atoms with van der Waals surface area (Å²) in [7, 11) is 0. The molecule has 3 rings (SSSR count). The lowest BCUT2D eigenvalue weighted by molar-refractivity contribution is 0.0841. The van der Waals surface area contributed by atoms with E-state index in [0.29, 0.717) is 10.8 Å². The molecule has 1 heteroatoms. The third-order valence-corrected chi connectivity index (χ3v) is 5.87. The molecule has 0 aromatic rings. The van der Waals surface area contributed by atoms with Crippen LogP contribution in [0, 0.1) is 28.1 Å². The molecular weight excluding hydrogens is 196 g/mol. The van der Waals surface area contributed by atoms with Crippen molar-refractivity contribution >= 4 is 0 Å². The van der Waals surface area contributed by atoms with E-state index in [4.69, 9.17) is 0 Å². The van der Waals surface area contributed by atoms with Crippen LogP contribution in [0.5, 0.6) is 0 Å². The van der Waals surface area contributed by atoms with Crippen LogP contribution in [0.15, 0.2) is 12.2 Å². The van der Waals surface area contributed by atoms with Crippen LogP contribution in [0.2, 0.25) is 0 Å². The summed E-state index contributed by atoms with van der Waals surface area (Å²) in [4.78, 5) is 0. The predicted molar refractivity (Wildman–Crippen MR) is 66.0 cm³/mol. The van der Waals surface area contributed by atoms with E-state index < -0.39 is 0 Å². The fourth-order valence-corrected chi connectivity index (χ4v) is 4.75. The number of hydrogen-bond donors (Lipinski definition) is 1. The van der Waals surface area contributed by atoms with Gasteiger partial charge >= 0.3 is 0 Å². The minimum Gasteiger partial charge on any atom is -0.393 e. The standard InChI is InChI=1S/C15H24O/c1-13(2)7-8-14(3)6-5-11(16)15(4)9-10(15)12(13)14/h7-8,10-12,16H,5-6,9H2,1-4H3. The first-order valence-corrected chi connectivity index (χ1v) is 6.68. The summed E-state index contributed by atoms with van der Waals surface area (Å²) in [5.41, 5.74) is 0.885. The average Bonchev–Trinajstić information content (AvgIpc) is 2.78. The fraction of sp³-hybridized carbons (Fsp3) is 0.867. The van der Waals surface area contributed by atoms with Crippen molar-refractivity contribution in [2.24, 2.45) is 28.1 Å². The van der Waals surface area contributed by atoms with Crippen LogP contribution in [0.3, 0.4) is 0 Å². The van der Waals surface area contributed by atoms with E-state index >= 15 is 0 Å². The Morgan fingerprint density at radius 3 is 2.50 bits per heavy atom. The highest BCUT2D eigenvalue weighted by molar-refractivity contribution is 5.25. The normalized spacial score (nSPS) is 57.7. The van der Waals surface area contributed by atoms with Gasteiger partial charge in [0.15, 0.2) is 0 Å². The smallest absolute Gasteiger partial charge is 0.0597 e. The van der Waals surface area contributed by atoms with Crippen molar-refractivity contribution in [1.82, 2.24) is 0 Å². The first-order chi connectivity index (χ1) is 7.30. The maximum Gasteiger partial charge on any atom is 0.0597 e. The van der Waals surface area contributed by atoms with Gasteiger partial charge in [-0.1, -0.05) is 39.8 Å². The van der Waals surface area contributed by atoms with Gasteiger partial charge in [0.05, 0.1) is 6.10 Å². The van der Waals surface area contributed by atoms with Crippen LogP contribution in [0.25, 0.3) is 0 Å². The van der Waals surface area contributed by atoms with Crippen LogP contribution in [-0.4, -0.2) is 11.2 Å². The predicted octanol–water partition coefficient (Wildman–Crippen LogP) is 3.39. The molecule has 1 N–H and O–H groups in total. The van der Waals surface area contributed by atoms with Gasteiger partial charge in [0.1, 0.15) is 0 Å². The minimum atomic E-state index is -0.0656. The molecule has 16 heavy (non-hydrogen) atoms. The number of hydrogen-bond acceptors (Lipinski definition) is 1. The zero-order valence-electron chi connectivity index (χ0n) is 11.0. The molecule has 5 unspecified atom stereocenters. The highest BCUT2D eigenvalue weighted by atomic mass is 16.3. The molecule has 1 nitrogen and oxygen atoms in total. The van der Waals surface area contributed by atoms with Crippen molar-refractivity contribution in [3.05, 3.63) is 12.2 Å². The Morgan fingerprint density at radius 1 is 1.12 bits per heavy atom. The van der Waals surface area contributed by atoms with Crippen molar-refractivity contribution < 1.29 is 5.11 Å². The zero-order valence-corrected chi connectivity index (χ0v) is 11.0. The molecule has 0 bridgehead atoms. The second-order valence-electron chi connectivity index (χ2n) is 7.51. The lowest BCUT2D eigenvalue weighted by atomic mass is 9.66. The summed E-state index contributed by atoms with van der Waals surface area (Å²) < 4.78 is 0. The first kappa shape index (κ1) is 10.8. The molecule has 3 aliphatic carbocycles. The van der Waals surface area contributed by atoms with Gasteiger partial charge in [-0.15, -0.1) is 0 Å². The molecule has 0 aromatic carbocycles. The van der Waals surface area contributed by atoms with Gasteiger partial charge in [-0.05, 0) is 47.3 Å². The van der Waals surface area contributed by atoms with Crippen molar-refractivity contribution in [2.75, 3.05) is 0 Å². The van der Waals surface area contributed by atoms with E-state index in [1.807, 2.05) is 0 Å². The third kappa shape index (κ3) is 1.16. The quantitative estimate of drug-likeness (QED) is 0.620. The summed E-state index contributed by atoms with van der Waals surface area (Å²) in [6.07, 6.45) is 8.18. The molecule has 2 saturated carbocycles. The summed E-state index contributed by atoms with van der Waals surface area (Å²) in [5, 5.41) is 10.3. The van der Waals surface area contributed by atoms with E-state index in [-0.39, 0.29) is 11.5 Å². The van der Waals surface area contributed by atoms with E-state index in [1.54, 1.807) is 0 Å². The van der Waals surface area contributed by atoms with Crippen LogP contribution >= 0.6 is 0 Å². The van der Waals surface area contributed by atoms with Crippen molar-refractivity contribution in [3.8, 4) is 0 Å². The van der Waals surface area contributed by atoms with Crippen molar-refractivity contribution in [1.29, 1.82) is 0 Å². The molecule has 90 valence electrons. The highest BCUT2D eigenvalue weighted by Gasteiger charge is 2.66. The lowest BCUT2D eigenvalue weighted by Gasteiger charge is -2.38. The van der Waals surface area contributed by atoms with Gasteiger partial charge in [0.2, 0.25) is 0 Å². The van der Waals surface area contributed by atoms with Crippen molar-refractivity contribution in [2.45, 2.75) is 53.1 Å². The molecule has 2 fully saturated rings. The van der Waals surface area contributed by atoms with Gasteiger partial charge in [0, 0.05) is 0 Å². The van der Waals surface area contributed by atoms with E-state index in [2.05, 4.69) is 39.8 Å². The van der Waals surface area contributed by atoms with Crippen molar-refractivity contribution in [3.63, 3.8) is 0 Å². The topological polar surface area (TPSA) is 20.2 Å². The van der Waals surface area contributed by atoms with Gasteiger partial charge in [-0.25, -0.2) is 0 Å². The number of fused-ring (bicyclic) bond motifs is 3. The number of aliphatic hydroxyl groups is 1. The molecule has 0 aliphatic heterocycles. The Kier molecular flexibility index (Phi) is 1.86. The maximum absolute atomic E-state index is 10.3. The van der Waals surface area contributed by atoms with Gasteiger partial charge in [-0.3, -0.25) is 0 Å². The van der Waals surface area contributed by atoms with Gasteiger partial charge in [-0.2, -0.15) is 0 Å². The number of allylic oxidation sites excluding steroid dienone is 2. The zero-order chi connectivity index (χ0) is 11.8. The molecule has 0 saturated heterocycles. The van der Waals surface area contributed by atoms with E-state index in [0.717, 1.165) is 24.7 Å². The first-order valence-electron chi connectivity index (χ1n) is 6.68. The molecule has 0 spiro atoms. The minimum absolute atomic E-state index is 0.0656. The highest BCUT2D eigenvalue weighted by Crippen LogP contribution is 2.71. The summed E-state index contributed by atoms with van der Waals surface area (Å²) in [5.74, 6) is 1.47. The summed E-state index contributed by atoms with van der Waals surface area (Å²) in [6.45, 7) is 9.44. The monoisotopic (exact) mass is 220 g/mol. The van der Waals surface area contributed by atoms with Crippen LogP contribution in [0.1, 0.15) is 47.0 Å². The lowest BCUT2D eigenvalue weighted by Crippen LogP contribution is -2.32. The van der Waals surface area contributed by atoms with Gasteiger partial charge < -0.3 is 5.11 Å². The van der Waals surface area contributed by atoms with Crippen LogP contribution in [0.4, 0.5) is 0 Å². The molecule has 0 amide bonds. The summed E-state index contributed by atoms with van der Waals surface area (Å²) in [6, 6.07) is 0. The summed E-state index contributed by atoms with van der Waals surface area (Å²) >= 11 is 0. The SMILES string of the molecule is CC1(C)C=CC2(C)CCC(O)C3(C)CC3C12. The Morgan fingerprint density at radius 2 is 1.81 bits per heavy atom. The Bertz CT molecular complexity index is 356. The second-order valence-corrected chi connectivity index (χ2v) is 7.51. The molecule has 0 aromatic heterocycles. The van der Waals surface area contributed by atoms with E-state index in [1.165, 1.54) is 6.42 Å². The Labute approximate surface area is 98.9 Å². The van der Waals surface area contributed by atoms with E-state index in [9.17, 15) is 5.11 Å². The maximum atomic E-state index is 10.3. The van der Waals surface area contributed by atoms with Gasteiger partial charge in [0.25, 0.3) is 0 Å². The molecule has 0 radical (unpaired) electrons. The largest absolute Gasteiger partial charge is 0.393 e. The number of rotatable bonds is 0. The number of aliphatic hydroxyl groups excluding tert-OH is 1. The van der Waals surface area contributed by atoms with Crippen LogP contribution < -0.4 is 0 Å².